The molecule has 35 heavy (non-hydrogen) atoms. The third kappa shape index (κ3) is 6.32. The van der Waals surface area contributed by atoms with Gasteiger partial charge in [-0.15, -0.1) is 0 Å². The Bertz CT molecular complexity index is 1160. The third-order valence-corrected chi connectivity index (χ3v) is 6.26. The molecule has 0 fully saturated rings. The summed E-state index contributed by atoms with van der Waals surface area (Å²) in [6, 6.07) is 8.05. The Balaban J connectivity index is 1.39. The second-order valence-corrected chi connectivity index (χ2v) is 9.89. The number of carbonyl (C=O) groups is 2. The summed E-state index contributed by atoms with van der Waals surface area (Å²) in [4.78, 5) is 27.5. The molecule has 0 saturated heterocycles. The molecule has 4 rings (SSSR count). The van der Waals surface area contributed by atoms with Crippen molar-refractivity contribution in [1.82, 2.24) is 14.7 Å². The average Bonchev–Trinajstić information content (AvgIpc) is 3.49. The van der Waals surface area contributed by atoms with Gasteiger partial charge in [0.1, 0.15) is 30.4 Å². The number of allylic oxidation sites excluding steroid dienone is 1. The van der Waals surface area contributed by atoms with E-state index in [0.29, 0.717) is 46.8 Å². The van der Waals surface area contributed by atoms with Crippen molar-refractivity contribution in [2.24, 2.45) is 0 Å². The van der Waals surface area contributed by atoms with E-state index in [0.717, 1.165) is 0 Å². The van der Waals surface area contributed by atoms with Crippen LogP contribution in [0.15, 0.2) is 60.4 Å². The lowest BCUT2D eigenvalue weighted by atomic mass is 10.1. The van der Waals surface area contributed by atoms with Crippen LogP contribution in [0, 0.1) is 0 Å². The zero-order valence-corrected chi connectivity index (χ0v) is 21.3. The summed E-state index contributed by atoms with van der Waals surface area (Å²) in [6.45, 7) is 4.18. The molecular formula is C24H27ClN4O5S. The molecule has 1 atom stereocenters. The van der Waals surface area contributed by atoms with Crippen LogP contribution in [0.3, 0.4) is 0 Å². The molecular weight excluding hydrogens is 492 g/mol. The van der Waals surface area contributed by atoms with Gasteiger partial charge in [-0.25, -0.2) is 0 Å². The molecule has 0 aliphatic carbocycles. The number of aromatic nitrogens is 2. The Labute approximate surface area is 213 Å². The SMILES string of the molecule is CSCCC(C(=O)Nc1ccn(CC2=COC(C)(C)O2)n1)N1CC(Oc2ccccc2Cl)=CC1=O. The number of nitrogens with zero attached hydrogens (tertiary/aromatic N) is 3. The monoisotopic (exact) mass is 518 g/mol. The van der Waals surface area contributed by atoms with E-state index in [4.69, 9.17) is 25.8 Å². The van der Waals surface area contributed by atoms with Gasteiger partial charge >= 0.3 is 0 Å². The standard InChI is InChI=1S/C24H27ClN4O5S/c1-24(2)32-15-17(34-24)13-28-10-8-21(27-28)26-23(31)19(9-11-35-3)29-14-16(12-22(29)30)33-20-7-5-4-6-18(20)25/h4-8,10,12,15,19H,9,11,13-14H2,1-3H3,(H,26,27,31). The van der Waals surface area contributed by atoms with Gasteiger partial charge in [-0.1, -0.05) is 23.7 Å². The average molecular weight is 519 g/mol. The van der Waals surface area contributed by atoms with Crippen molar-refractivity contribution in [2.75, 3.05) is 23.9 Å². The summed E-state index contributed by atoms with van der Waals surface area (Å²) < 4.78 is 18.6. The maximum Gasteiger partial charge on any atom is 0.251 e. The number of para-hydroxylation sites is 1. The smallest absolute Gasteiger partial charge is 0.251 e. The fraction of sp³-hybridized carbons (Fsp3) is 0.375. The second-order valence-electron chi connectivity index (χ2n) is 8.50. The van der Waals surface area contributed by atoms with E-state index in [-0.39, 0.29) is 18.4 Å². The molecule has 2 aliphatic heterocycles. The van der Waals surface area contributed by atoms with Crippen molar-refractivity contribution < 1.29 is 23.8 Å². The maximum atomic E-state index is 13.2. The highest BCUT2D eigenvalue weighted by Gasteiger charge is 2.34. The Morgan fingerprint density at radius 1 is 1.34 bits per heavy atom. The molecule has 2 amide bonds. The largest absolute Gasteiger partial charge is 0.458 e. The third-order valence-electron chi connectivity index (χ3n) is 5.31. The number of anilines is 1. The number of carbonyl (C=O) groups excluding carboxylic acids is 2. The number of benzene rings is 1. The van der Waals surface area contributed by atoms with Crippen molar-refractivity contribution in [2.45, 2.75) is 38.6 Å². The molecule has 3 heterocycles. The van der Waals surface area contributed by atoms with Crippen LogP contribution in [0.1, 0.15) is 20.3 Å². The van der Waals surface area contributed by atoms with Gasteiger partial charge in [-0.2, -0.15) is 16.9 Å². The number of amides is 2. The van der Waals surface area contributed by atoms with Crippen LogP contribution >= 0.6 is 23.4 Å². The molecule has 9 nitrogen and oxygen atoms in total. The number of ether oxygens (including phenoxy) is 3. The minimum Gasteiger partial charge on any atom is -0.458 e. The molecule has 2 aromatic rings. The highest BCUT2D eigenvalue weighted by molar-refractivity contribution is 7.98. The van der Waals surface area contributed by atoms with E-state index in [9.17, 15) is 9.59 Å². The van der Waals surface area contributed by atoms with E-state index in [1.165, 1.54) is 11.0 Å². The summed E-state index contributed by atoms with van der Waals surface area (Å²) in [7, 11) is 0. The van der Waals surface area contributed by atoms with Gasteiger partial charge in [0.15, 0.2) is 11.6 Å². The molecule has 0 radical (unpaired) electrons. The summed E-state index contributed by atoms with van der Waals surface area (Å²) in [5, 5.41) is 7.68. The molecule has 1 aromatic carbocycles. The first kappa shape index (κ1) is 25.0. The Hall–Kier alpha value is -3.11. The van der Waals surface area contributed by atoms with Gasteiger partial charge in [-0.3, -0.25) is 14.3 Å². The van der Waals surface area contributed by atoms with Crippen molar-refractivity contribution >= 4 is 41.0 Å². The predicted molar refractivity (Wildman–Crippen MR) is 134 cm³/mol. The number of halogens is 1. The normalized spacial score (nSPS) is 17.4. The first-order valence-electron chi connectivity index (χ1n) is 11.1. The van der Waals surface area contributed by atoms with Crippen LogP contribution in [0.25, 0.3) is 0 Å². The number of hydrogen-bond donors (Lipinski definition) is 1. The van der Waals surface area contributed by atoms with Gasteiger partial charge in [0, 0.05) is 32.2 Å². The summed E-state index contributed by atoms with van der Waals surface area (Å²) in [5.74, 6) is 1.32. The Morgan fingerprint density at radius 2 is 2.14 bits per heavy atom. The van der Waals surface area contributed by atoms with Crippen molar-refractivity contribution in [3.63, 3.8) is 0 Å². The molecule has 0 saturated carbocycles. The van der Waals surface area contributed by atoms with Gasteiger partial charge in [-0.05, 0) is 30.6 Å². The zero-order chi connectivity index (χ0) is 25.0. The minimum atomic E-state index is -0.700. The lowest BCUT2D eigenvalue weighted by Gasteiger charge is -2.26. The number of thioether (sulfide) groups is 1. The first-order valence-corrected chi connectivity index (χ1v) is 12.8. The van der Waals surface area contributed by atoms with Gasteiger partial charge in [0.2, 0.25) is 11.7 Å². The number of rotatable bonds is 10. The number of nitrogens with one attached hydrogen (secondary N) is 1. The molecule has 1 aromatic heterocycles. The lowest BCUT2D eigenvalue weighted by Crippen LogP contribution is -2.46. The highest BCUT2D eigenvalue weighted by atomic mass is 35.5. The summed E-state index contributed by atoms with van der Waals surface area (Å²) in [5.41, 5.74) is 0. The molecule has 0 spiro atoms. The van der Waals surface area contributed by atoms with E-state index >= 15 is 0 Å². The summed E-state index contributed by atoms with van der Waals surface area (Å²) in [6.07, 6.45) is 7.14. The maximum absolute atomic E-state index is 13.2. The van der Waals surface area contributed by atoms with Crippen molar-refractivity contribution in [3.05, 3.63) is 65.4 Å². The molecule has 0 bridgehead atoms. The highest BCUT2D eigenvalue weighted by Crippen LogP contribution is 2.28. The van der Waals surface area contributed by atoms with E-state index < -0.39 is 11.8 Å². The van der Waals surface area contributed by atoms with Crippen molar-refractivity contribution in [1.29, 1.82) is 0 Å². The van der Waals surface area contributed by atoms with Crippen molar-refractivity contribution in [3.8, 4) is 5.75 Å². The molecule has 1 unspecified atom stereocenters. The van der Waals surface area contributed by atoms with Crippen LogP contribution in [-0.2, 0) is 25.6 Å². The fourth-order valence-corrected chi connectivity index (χ4v) is 4.32. The van der Waals surface area contributed by atoms with Crippen LogP contribution < -0.4 is 10.1 Å². The second kappa shape index (κ2) is 10.7. The Morgan fingerprint density at radius 3 is 2.86 bits per heavy atom. The summed E-state index contributed by atoms with van der Waals surface area (Å²) >= 11 is 7.78. The van der Waals surface area contributed by atoms with E-state index in [2.05, 4.69) is 10.4 Å². The predicted octanol–water partition coefficient (Wildman–Crippen LogP) is 4.03. The molecule has 11 heteroatoms. The lowest BCUT2D eigenvalue weighted by molar-refractivity contribution is -0.133. The first-order chi connectivity index (χ1) is 16.7. The van der Waals surface area contributed by atoms with E-state index in [1.807, 2.05) is 20.1 Å². The molecule has 2 aliphatic rings. The molecule has 1 N–H and O–H groups in total. The van der Waals surface area contributed by atoms with Crippen LogP contribution in [-0.4, -0.2) is 56.9 Å². The van der Waals surface area contributed by atoms with E-state index in [1.54, 1.807) is 59.2 Å². The van der Waals surface area contributed by atoms with Crippen LogP contribution in [0.5, 0.6) is 5.75 Å². The van der Waals surface area contributed by atoms with Crippen LogP contribution in [0.4, 0.5) is 5.82 Å². The topological polar surface area (TPSA) is 94.9 Å². The quantitative estimate of drug-likeness (QED) is 0.507. The Kier molecular flexibility index (Phi) is 7.61. The molecule has 186 valence electrons. The number of hydrogen-bond acceptors (Lipinski definition) is 7. The van der Waals surface area contributed by atoms with Crippen LogP contribution in [0.2, 0.25) is 5.02 Å². The zero-order valence-electron chi connectivity index (χ0n) is 19.7. The van der Waals surface area contributed by atoms with Gasteiger partial charge in [0.05, 0.1) is 11.6 Å². The van der Waals surface area contributed by atoms with Gasteiger partial charge < -0.3 is 24.4 Å². The fourth-order valence-electron chi connectivity index (χ4n) is 3.69. The minimum absolute atomic E-state index is 0.173. The van der Waals surface area contributed by atoms with Gasteiger partial charge in [0.25, 0.3) is 5.91 Å².